The SMILES string of the molecule is Fc1cnc(N2CCO[C@H]3CC(COCc4ccccn4)C[C@@H]32)nc1. The highest BCUT2D eigenvalue weighted by molar-refractivity contribution is 5.33. The summed E-state index contributed by atoms with van der Waals surface area (Å²) in [6.45, 7) is 2.58. The second-order valence-electron chi connectivity index (χ2n) is 6.54. The van der Waals surface area contributed by atoms with E-state index >= 15 is 0 Å². The Kier molecular flexibility index (Phi) is 4.85. The Morgan fingerprint density at radius 1 is 1.20 bits per heavy atom. The monoisotopic (exact) mass is 344 g/mol. The quantitative estimate of drug-likeness (QED) is 0.829. The Hall–Kier alpha value is -2.12. The van der Waals surface area contributed by atoms with Crippen molar-refractivity contribution in [2.24, 2.45) is 5.92 Å². The lowest BCUT2D eigenvalue weighted by Gasteiger charge is -2.37. The summed E-state index contributed by atoms with van der Waals surface area (Å²) in [6.07, 6.45) is 6.30. The summed E-state index contributed by atoms with van der Waals surface area (Å²) in [7, 11) is 0. The number of morpholine rings is 1. The van der Waals surface area contributed by atoms with Gasteiger partial charge in [-0.3, -0.25) is 4.98 Å². The fraction of sp³-hybridized carbons (Fsp3) is 0.500. The maximum absolute atomic E-state index is 13.1. The number of rotatable bonds is 5. The number of anilines is 1. The molecule has 1 unspecified atom stereocenters. The van der Waals surface area contributed by atoms with Crippen LogP contribution < -0.4 is 4.90 Å². The van der Waals surface area contributed by atoms with Gasteiger partial charge in [0.25, 0.3) is 0 Å². The highest BCUT2D eigenvalue weighted by atomic mass is 19.1. The van der Waals surface area contributed by atoms with E-state index in [2.05, 4.69) is 19.9 Å². The van der Waals surface area contributed by atoms with E-state index in [9.17, 15) is 4.39 Å². The molecule has 0 radical (unpaired) electrons. The van der Waals surface area contributed by atoms with E-state index in [1.54, 1.807) is 6.20 Å². The van der Waals surface area contributed by atoms with Crippen LogP contribution in [-0.2, 0) is 16.1 Å². The van der Waals surface area contributed by atoms with Gasteiger partial charge in [0, 0.05) is 12.7 Å². The number of ether oxygens (including phenoxy) is 2. The second-order valence-corrected chi connectivity index (χ2v) is 6.54. The first-order valence-corrected chi connectivity index (χ1v) is 8.63. The van der Waals surface area contributed by atoms with Crippen LogP contribution in [0.4, 0.5) is 10.3 Å². The molecule has 0 spiro atoms. The molecule has 2 aromatic heterocycles. The van der Waals surface area contributed by atoms with Crippen molar-refractivity contribution in [3.05, 3.63) is 48.3 Å². The third-order valence-electron chi connectivity index (χ3n) is 4.83. The average molecular weight is 344 g/mol. The number of hydrogen-bond acceptors (Lipinski definition) is 6. The third-order valence-corrected chi connectivity index (χ3v) is 4.83. The summed E-state index contributed by atoms with van der Waals surface area (Å²) in [4.78, 5) is 14.7. The molecule has 0 aromatic carbocycles. The predicted molar refractivity (Wildman–Crippen MR) is 89.5 cm³/mol. The number of halogens is 1. The van der Waals surface area contributed by atoms with E-state index in [1.165, 1.54) is 12.4 Å². The summed E-state index contributed by atoms with van der Waals surface area (Å²) in [5.41, 5.74) is 0.940. The molecule has 132 valence electrons. The first-order chi connectivity index (χ1) is 12.3. The first kappa shape index (κ1) is 16.4. The molecule has 1 saturated heterocycles. The molecule has 7 heteroatoms. The molecule has 0 bridgehead atoms. The van der Waals surface area contributed by atoms with Gasteiger partial charge in [-0.15, -0.1) is 0 Å². The topological polar surface area (TPSA) is 60.4 Å². The van der Waals surface area contributed by atoms with Crippen molar-refractivity contribution in [1.82, 2.24) is 15.0 Å². The Bertz CT molecular complexity index is 685. The lowest BCUT2D eigenvalue weighted by atomic mass is 10.1. The maximum Gasteiger partial charge on any atom is 0.225 e. The Balaban J connectivity index is 1.35. The normalized spacial score (nSPS) is 25.8. The average Bonchev–Trinajstić information content (AvgIpc) is 3.06. The number of pyridine rings is 1. The van der Waals surface area contributed by atoms with E-state index in [-0.39, 0.29) is 12.1 Å². The Morgan fingerprint density at radius 2 is 2.08 bits per heavy atom. The van der Waals surface area contributed by atoms with Gasteiger partial charge >= 0.3 is 0 Å². The van der Waals surface area contributed by atoms with Crippen LogP contribution in [0.5, 0.6) is 0 Å². The molecule has 1 saturated carbocycles. The molecule has 1 aliphatic heterocycles. The number of hydrogen-bond donors (Lipinski definition) is 0. The molecule has 2 aromatic rings. The van der Waals surface area contributed by atoms with E-state index in [1.807, 2.05) is 18.2 Å². The van der Waals surface area contributed by atoms with Gasteiger partial charge in [-0.2, -0.15) is 0 Å². The molecule has 0 N–H and O–H groups in total. The van der Waals surface area contributed by atoms with Gasteiger partial charge in [0.1, 0.15) is 0 Å². The van der Waals surface area contributed by atoms with E-state index < -0.39 is 5.82 Å². The summed E-state index contributed by atoms with van der Waals surface area (Å²) < 4.78 is 24.9. The van der Waals surface area contributed by atoms with Crippen molar-refractivity contribution in [3.63, 3.8) is 0 Å². The second kappa shape index (κ2) is 7.41. The number of nitrogens with zero attached hydrogens (tertiary/aromatic N) is 4. The molecule has 0 amide bonds. The van der Waals surface area contributed by atoms with Crippen LogP contribution >= 0.6 is 0 Å². The summed E-state index contributed by atoms with van der Waals surface area (Å²) in [5, 5.41) is 0. The smallest absolute Gasteiger partial charge is 0.225 e. The molecular formula is C18H21FN4O2. The number of fused-ring (bicyclic) bond motifs is 1. The third kappa shape index (κ3) is 3.77. The van der Waals surface area contributed by atoms with Gasteiger partial charge < -0.3 is 14.4 Å². The highest BCUT2D eigenvalue weighted by Gasteiger charge is 2.42. The molecule has 1 aliphatic carbocycles. The molecule has 25 heavy (non-hydrogen) atoms. The van der Waals surface area contributed by atoms with Crippen LogP contribution in [0.25, 0.3) is 0 Å². The molecule has 2 fully saturated rings. The minimum Gasteiger partial charge on any atom is -0.375 e. The highest BCUT2D eigenvalue weighted by Crippen LogP contribution is 2.35. The van der Waals surface area contributed by atoms with Crippen molar-refractivity contribution < 1.29 is 13.9 Å². The summed E-state index contributed by atoms with van der Waals surface area (Å²) >= 11 is 0. The zero-order valence-corrected chi connectivity index (χ0v) is 13.9. The molecule has 2 aliphatic rings. The largest absolute Gasteiger partial charge is 0.375 e. The van der Waals surface area contributed by atoms with Gasteiger partial charge in [0.2, 0.25) is 5.95 Å². The predicted octanol–water partition coefficient (Wildman–Crippen LogP) is 2.21. The zero-order valence-electron chi connectivity index (χ0n) is 13.9. The fourth-order valence-electron chi connectivity index (χ4n) is 3.70. The van der Waals surface area contributed by atoms with E-state index in [0.29, 0.717) is 31.7 Å². The van der Waals surface area contributed by atoms with Crippen molar-refractivity contribution in [1.29, 1.82) is 0 Å². The van der Waals surface area contributed by atoms with Crippen LogP contribution in [0.1, 0.15) is 18.5 Å². The number of aromatic nitrogens is 3. The zero-order chi connectivity index (χ0) is 17.1. The lowest BCUT2D eigenvalue weighted by Crippen LogP contribution is -2.49. The minimum atomic E-state index is -0.416. The van der Waals surface area contributed by atoms with Crippen LogP contribution in [0.15, 0.2) is 36.8 Å². The van der Waals surface area contributed by atoms with Gasteiger partial charge in [0.05, 0.1) is 50.1 Å². The molecule has 6 nitrogen and oxygen atoms in total. The van der Waals surface area contributed by atoms with Crippen LogP contribution in [0.3, 0.4) is 0 Å². The van der Waals surface area contributed by atoms with E-state index in [4.69, 9.17) is 9.47 Å². The molecular weight excluding hydrogens is 323 g/mol. The summed E-state index contributed by atoms with van der Waals surface area (Å²) in [6, 6.07) is 6.05. The van der Waals surface area contributed by atoms with Crippen LogP contribution in [-0.4, -0.2) is 46.9 Å². The standard InChI is InChI=1S/C18H21FN4O2/c19-14-9-21-18(22-10-14)23-5-6-25-17-8-13(7-16(17)23)11-24-12-15-3-1-2-4-20-15/h1-4,9-10,13,16-17H,5-8,11-12H2/t13?,16-,17-/m0/s1. The van der Waals surface area contributed by atoms with Crippen LogP contribution in [0.2, 0.25) is 0 Å². The molecule has 4 rings (SSSR count). The Morgan fingerprint density at radius 3 is 2.88 bits per heavy atom. The fourth-order valence-corrected chi connectivity index (χ4v) is 3.70. The van der Waals surface area contributed by atoms with Crippen molar-refractivity contribution in [2.45, 2.75) is 31.6 Å². The molecule has 3 atom stereocenters. The van der Waals surface area contributed by atoms with E-state index in [0.717, 1.165) is 25.1 Å². The van der Waals surface area contributed by atoms with Gasteiger partial charge in [-0.1, -0.05) is 6.07 Å². The van der Waals surface area contributed by atoms with Gasteiger partial charge in [0.15, 0.2) is 5.82 Å². The van der Waals surface area contributed by atoms with Crippen LogP contribution in [0, 0.1) is 11.7 Å². The van der Waals surface area contributed by atoms with Gasteiger partial charge in [-0.05, 0) is 30.9 Å². The van der Waals surface area contributed by atoms with Crippen molar-refractivity contribution in [2.75, 3.05) is 24.7 Å². The summed E-state index contributed by atoms with van der Waals surface area (Å²) in [5.74, 6) is 0.593. The maximum atomic E-state index is 13.1. The van der Waals surface area contributed by atoms with Crippen molar-refractivity contribution >= 4 is 5.95 Å². The lowest BCUT2D eigenvalue weighted by molar-refractivity contribution is 0.0199. The Labute approximate surface area is 146 Å². The molecule has 3 heterocycles. The van der Waals surface area contributed by atoms with Gasteiger partial charge in [-0.25, -0.2) is 14.4 Å². The van der Waals surface area contributed by atoms with Crippen molar-refractivity contribution in [3.8, 4) is 0 Å². The first-order valence-electron chi connectivity index (χ1n) is 8.63. The minimum absolute atomic E-state index is 0.158.